The Labute approximate surface area is 105 Å². The van der Waals surface area contributed by atoms with Crippen LogP contribution in [0.1, 0.15) is 0 Å². The smallest absolute Gasteiger partial charge is 0.335 e. The number of rotatable bonds is 4. The lowest BCUT2D eigenvalue weighted by Crippen LogP contribution is -2.42. The summed E-state index contributed by atoms with van der Waals surface area (Å²) in [5.74, 6) is -2.65. The highest BCUT2D eigenvalue weighted by Gasteiger charge is 2.29. The minimum Gasteiger partial charge on any atom is -0.479 e. The van der Waals surface area contributed by atoms with E-state index < -0.39 is 24.1 Å². The molecule has 0 aromatic heterocycles. The Bertz CT molecular complexity index is 419. The highest BCUT2D eigenvalue weighted by molar-refractivity contribution is 9.10. The molecule has 0 aliphatic carbocycles. The molecule has 1 amide bonds. The van der Waals surface area contributed by atoms with Gasteiger partial charge in [0.15, 0.2) is 12.2 Å². The molecule has 6 nitrogen and oxygen atoms in total. The summed E-state index contributed by atoms with van der Waals surface area (Å²) in [5, 5.41) is 28.9. The van der Waals surface area contributed by atoms with Gasteiger partial charge in [-0.2, -0.15) is 0 Å². The lowest BCUT2D eigenvalue weighted by atomic mass is 10.2. The molecule has 92 valence electrons. The quantitative estimate of drug-likeness (QED) is 0.635. The largest absolute Gasteiger partial charge is 0.479 e. The average Bonchev–Trinajstić information content (AvgIpc) is 2.30. The van der Waals surface area contributed by atoms with Crippen molar-refractivity contribution in [3.8, 4) is 0 Å². The van der Waals surface area contributed by atoms with Gasteiger partial charge in [-0.3, -0.25) is 4.79 Å². The van der Waals surface area contributed by atoms with Crippen molar-refractivity contribution in [2.75, 3.05) is 5.32 Å². The summed E-state index contributed by atoms with van der Waals surface area (Å²) in [7, 11) is 0. The lowest BCUT2D eigenvalue weighted by molar-refractivity contribution is -0.156. The maximum Gasteiger partial charge on any atom is 0.335 e. The van der Waals surface area contributed by atoms with Crippen molar-refractivity contribution in [1.82, 2.24) is 0 Å². The first-order chi connectivity index (χ1) is 7.91. The molecule has 1 rings (SSSR count). The zero-order valence-electron chi connectivity index (χ0n) is 8.50. The fourth-order valence-corrected chi connectivity index (χ4v) is 1.29. The second-order valence-electron chi connectivity index (χ2n) is 3.22. The van der Waals surface area contributed by atoms with Gasteiger partial charge in [0.25, 0.3) is 5.91 Å². The molecule has 0 unspecified atom stereocenters. The van der Waals surface area contributed by atoms with E-state index in [9.17, 15) is 14.7 Å². The van der Waals surface area contributed by atoms with E-state index in [1.165, 1.54) is 0 Å². The summed E-state index contributed by atoms with van der Waals surface area (Å²) >= 11 is 3.20. The summed E-state index contributed by atoms with van der Waals surface area (Å²) in [6.07, 6.45) is -4.17. The Hall–Kier alpha value is -1.44. The molecule has 0 aliphatic heterocycles. The SMILES string of the molecule is O=C(O)[C@H](O)[C@@H](O)C(=O)Nc1ccc(Br)cc1. The van der Waals surface area contributed by atoms with Gasteiger partial charge < -0.3 is 20.6 Å². The first-order valence-electron chi connectivity index (χ1n) is 4.57. The number of carbonyl (C=O) groups excluding carboxylic acids is 1. The van der Waals surface area contributed by atoms with Gasteiger partial charge in [-0.15, -0.1) is 0 Å². The third-order valence-corrected chi connectivity index (χ3v) is 2.46. The van der Waals surface area contributed by atoms with Crippen molar-refractivity contribution < 1.29 is 24.9 Å². The number of aliphatic hydroxyl groups excluding tert-OH is 2. The Balaban J connectivity index is 2.66. The van der Waals surface area contributed by atoms with Crippen LogP contribution in [0.5, 0.6) is 0 Å². The van der Waals surface area contributed by atoms with Crippen LogP contribution in [0.2, 0.25) is 0 Å². The maximum absolute atomic E-state index is 11.3. The van der Waals surface area contributed by atoms with Crippen LogP contribution in [-0.2, 0) is 9.59 Å². The fourth-order valence-electron chi connectivity index (χ4n) is 1.03. The van der Waals surface area contributed by atoms with Crippen LogP contribution >= 0.6 is 15.9 Å². The lowest BCUT2D eigenvalue weighted by Gasteiger charge is -2.13. The maximum atomic E-state index is 11.3. The summed E-state index contributed by atoms with van der Waals surface area (Å²) in [6.45, 7) is 0. The number of carboxylic acids is 1. The van der Waals surface area contributed by atoms with Crippen LogP contribution in [0.15, 0.2) is 28.7 Å². The van der Waals surface area contributed by atoms with E-state index >= 15 is 0 Å². The van der Waals surface area contributed by atoms with Crippen molar-refractivity contribution in [2.45, 2.75) is 12.2 Å². The van der Waals surface area contributed by atoms with Gasteiger partial charge in [0.2, 0.25) is 0 Å². The van der Waals surface area contributed by atoms with Crippen molar-refractivity contribution >= 4 is 33.5 Å². The number of hydrogen-bond acceptors (Lipinski definition) is 4. The monoisotopic (exact) mass is 303 g/mol. The minimum atomic E-state index is -2.15. The Morgan fingerprint density at radius 3 is 2.12 bits per heavy atom. The van der Waals surface area contributed by atoms with Crippen LogP contribution in [0.25, 0.3) is 0 Å². The zero-order valence-corrected chi connectivity index (χ0v) is 10.1. The van der Waals surface area contributed by atoms with Crippen LogP contribution < -0.4 is 5.32 Å². The van der Waals surface area contributed by atoms with Crippen LogP contribution in [-0.4, -0.2) is 39.4 Å². The van der Waals surface area contributed by atoms with Crippen molar-refractivity contribution in [1.29, 1.82) is 0 Å². The van der Waals surface area contributed by atoms with E-state index in [-0.39, 0.29) is 0 Å². The van der Waals surface area contributed by atoms with Crippen molar-refractivity contribution in [3.63, 3.8) is 0 Å². The van der Waals surface area contributed by atoms with Crippen molar-refractivity contribution in [3.05, 3.63) is 28.7 Å². The van der Waals surface area contributed by atoms with E-state index in [4.69, 9.17) is 10.2 Å². The fraction of sp³-hybridized carbons (Fsp3) is 0.200. The first kappa shape index (κ1) is 13.6. The molecule has 0 heterocycles. The van der Waals surface area contributed by atoms with Gasteiger partial charge in [-0.05, 0) is 24.3 Å². The third kappa shape index (κ3) is 3.81. The molecule has 0 bridgehead atoms. The number of aliphatic hydroxyl groups is 2. The molecule has 0 spiro atoms. The molecule has 1 aromatic carbocycles. The first-order valence-corrected chi connectivity index (χ1v) is 5.36. The highest BCUT2D eigenvalue weighted by atomic mass is 79.9. The molecule has 2 atom stereocenters. The van der Waals surface area contributed by atoms with Gasteiger partial charge in [0.1, 0.15) is 0 Å². The molecule has 0 aliphatic rings. The molecular formula is C10H10BrNO5. The number of hydrogen-bond donors (Lipinski definition) is 4. The molecular weight excluding hydrogens is 294 g/mol. The topological polar surface area (TPSA) is 107 Å². The third-order valence-electron chi connectivity index (χ3n) is 1.93. The van der Waals surface area contributed by atoms with Gasteiger partial charge in [-0.1, -0.05) is 15.9 Å². The molecule has 0 fully saturated rings. The van der Waals surface area contributed by atoms with E-state index in [1.807, 2.05) is 0 Å². The molecule has 7 heteroatoms. The predicted molar refractivity (Wildman–Crippen MR) is 62.4 cm³/mol. The summed E-state index contributed by atoms with van der Waals surface area (Å²) in [4.78, 5) is 21.7. The summed E-state index contributed by atoms with van der Waals surface area (Å²) < 4.78 is 0.807. The van der Waals surface area contributed by atoms with E-state index in [1.54, 1.807) is 24.3 Å². The predicted octanol–water partition coefficient (Wildman–Crippen LogP) is 0.194. The Morgan fingerprint density at radius 1 is 1.12 bits per heavy atom. The van der Waals surface area contributed by atoms with Gasteiger partial charge in [-0.25, -0.2) is 4.79 Å². The van der Waals surface area contributed by atoms with Crippen LogP contribution in [0.3, 0.4) is 0 Å². The van der Waals surface area contributed by atoms with Gasteiger partial charge in [0, 0.05) is 10.2 Å². The van der Waals surface area contributed by atoms with Crippen LogP contribution in [0, 0.1) is 0 Å². The number of carboxylic acid groups (broad SMARTS) is 1. The molecule has 17 heavy (non-hydrogen) atoms. The van der Waals surface area contributed by atoms with E-state index in [2.05, 4.69) is 21.2 Å². The standard InChI is InChI=1S/C10H10BrNO5/c11-5-1-3-6(4-2-5)12-9(15)7(13)8(14)10(16)17/h1-4,7-8,13-14H,(H,12,15)(H,16,17)/t7-,8-/m1/s1. The number of aliphatic carboxylic acids is 1. The second kappa shape index (κ2) is 5.76. The molecule has 0 radical (unpaired) electrons. The zero-order chi connectivity index (χ0) is 13.0. The number of benzene rings is 1. The second-order valence-corrected chi connectivity index (χ2v) is 4.14. The highest BCUT2D eigenvalue weighted by Crippen LogP contribution is 2.14. The normalized spacial score (nSPS) is 13.8. The molecule has 4 N–H and O–H groups in total. The van der Waals surface area contributed by atoms with Crippen LogP contribution in [0.4, 0.5) is 5.69 Å². The summed E-state index contributed by atoms with van der Waals surface area (Å²) in [6, 6.07) is 6.44. The minimum absolute atomic E-state index is 0.384. The Kier molecular flexibility index (Phi) is 4.62. The van der Waals surface area contributed by atoms with Crippen molar-refractivity contribution in [2.24, 2.45) is 0 Å². The van der Waals surface area contributed by atoms with Gasteiger partial charge >= 0.3 is 5.97 Å². The van der Waals surface area contributed by atoms with E-state index in [0.717, 1.165) is 4.47 Å². The summed E-state index contributed by atoms with van der Waals surface area (Å²) in [5.41, 5.74) is 0.384. The number of amides is 1. The molecule has 0 saturated heterocycles. The molecule has 0 saturated carbocycles. The number of nitrogens with one attached hydrogen (secondary N) is 1. The number of halogens is 1. The number of anilines is 1. The Morgan fingerprint density at radius 2 is 1.65 bits per heavy atom. The van der Waals surface area contributed by atoms with E-state index in [0.29, 0.717) is 5.69 Å². The van der Waals surface area contributed by atoms with Gasteiger partial charge in [0.05, 0.1) is 0 Å². The number of carbonyl (C=O) groups is 2. The molecule has 1 aromatic rings. The average molecular weight is 304 g/mol.